The van der Waals surface area contributed by atoms with E-state index >= 15 is 0 Å². The molecule has 1 heterocycles. The zero-order valence-corrected chi connectivity index (χ0v) is 17.3. The highest BCUT2D eigenvalue weighted by molar-refractivity contribution is 6.05. The van der Waals surface area contributed by atoms with E-state index < -0.39 is 5.97 Å². The van der Waals surface area contributed by atoms with Gasteiger partial charge in [-0.15, -0.1) is 0 Å². The number of hydrogen-bond acceptors (Lipinski definition) is 5. The number of likely N-dealkylation sites (tertiary alicyclic amines) is 1. The molecule has 0 unspecified atom stereocenters. The average Bonchev–Trinajstić information content (AvgIpc) is 2.94. The summed E-state index contributed by atoms with van der Waals surface area (Å²) in [6, 6.07) is 0. The van der Waals surface area contributed by atoms with E-state index in [-0.39, 0.29) is 54.7 Å². The first-order chi connectivity index (χ1) is 14.4. The first-order valence-electron chi connectivity index (χ1n) is 11.4. The van der Waals surface area contributed by atoms with Gasteiger partial charge in [-0.05, 0) is 69.1 Å². The molecule has 7 heteroatoms. The summed E-state index contributed by atoms with van der Waals surface area (Å²) in [6.07, 6.45) is 12.0. The summed E-state index contributed by atoms with van der Waals surface area (Å²) < 4.78 is 5.15. The van der Waals surface area contributed by atoms with Gasteiger partial charge in [0.15, 0.2) is 6.61 Å². The number of allylic oxidation sites excluding steroid dienone is 2. The van der Waals surface area contributed by atoms with Crippen molar-refractivity contribution in [1.82, 2.24) is 10.2 Å². The molecule has 162 valence electrons. The number of imide groups is 1. The minimum absolute atomic E-state index is 0.0279. The number of rotatable bonds is 6. The Hall–Kier alpha value is -2.18. The van der Waals surface area contributed by atoms with Crippen molar-refractivity contribution in [3.8, 4) is 0 Å². The van der Waals surface area contributed by atoms with E-state index in [1.165, 1.54) is 24.2 Å². The molecule has 30 heavy (non-hydrogen) atoms. The van der Waals surface area contributed by atoms with E-state index in [9.17, 15) is 19.2 Å². The number of hydrogen-bond donors (Lipinski definition) is 1. The largest absolute Gasteiger partial charge is 0.456 e. The molecule has 3 amide bonds. The smallest absolute Gasteiger partial charge is 0.308 e. The SMILES string of the molecule is O=C(COC(=O)CCN1C(=O)[C@@H]2CC=CC[C@H]2C1=O)NC12CC3CC(CC(C3)C1)C2. The predicted molar refractivity (Wildman–Crippen MR) is 107 cm³/mol. The molecule has 0 spiro atoms. The molecule has 0 aromatic heterocycles. The lowest BCUT2D eigenvalue weighted by molar-refractivity contribution is -0.151. The van der Waals surface area contributed by atoms with Gasteiger partial charge in [0.05, 0.1) is 18.3 Å². The molecule has 5 aliphatic carbocycles. The van der Waals surface area contributed by atoms with Crippen LogP contribution in [0.4, 0.5) is 0 Å². The highest BCUT2D eigenvalue weighted by Crippen LogP contribution is 2.55. The summed E-state index contributed by atoms with van der Waals surface area (Å²) in [5, 5.41) is 3.18. The number of carbonyl (C=O) groups is 4. The number of ether oxygens (including phenoxy) is 1. The number of nitrogens with one attached hydrogen (secondary N) is 1. The summed E-state index contributed by atoms with van der Waals surface area (Å²) in [5.41, 5.74) is -0.100. The van der Waals surface area contributed by atoms with Gasteiger partial charge in [0.1, 0.15) is 0 Å². The topological polar surface area (TPSA) is 92.8 Å². The summed E-state index contributed by atoms with van der Waals surface area (Å²) in [6.45, 7) is -0.266. The fourth-order valence-electron chi connectivity index (χ4n) is 7.11. The number of fused-ring (bicyclic) bond motifs is 1. The Labute approximate surface area is 176 Å². The van der Waals surface area contributed by atoms with Crippen molar-refractivity contribution in [2.45, 2.75) is 63.3 Å². The van der Waals surface area contributed by atoms with Crippen LogP contribution in [0.3, 0.4) is 0 Å². The van der Waals surface area contributed by atoms with E-state index in [4.69, 9.17) is 4.74 Å². The van der Waals surface area contributed by atoms with Gasteiger partial charge in [0.2, 0.25) is 11.8 Å². The van der Waals surface area contributed by atoms with Crippen LogP contribution in [0.25, 0.3) is 0 Å². The van der Waals surface area contributed by atoms with E-state index in [1.54, 1.807) is 0 Å². The second-order valence-electron chi connectivity index (χ2n) is 10.1. The van der Waals surface area contributed by atoms with Gasteiger partial charge < -0.3 is 10.1 Å². The highest BCUT2D eigenvalue weighted by Gasteiger charge is 2.51. The first-order valence-corrected chi connectivity index (χ1v) is 11.4. The molecule has 1 saturated heterocycles. The highest BCUT2D eigenvalue weighted by atomic mass is 16.5. The third kappa shape index (κ3) is 3.56. The molecule has 2 atom stereocenters. The van der Waals surface area contributed by atoms with E-state index in [1.807, 2.05) is 12.2 Å². The third-order valence-corrected chi connectivity index (χ3v) is 7.95. The Kier molecular flexibility index (Phi) is 4.94. The molecule has 7 nitrogen and oxygen atoms in total. The Morgan fingerprint density at radius 2 is 1.50 bits per heavy atom. The minimum Gasteiger partial charge on any atom is -0.456 e. The number of amides is 3. The molecule has 1 aliphatic heterocycles. The van der Waals surface area contributed by atoms with Gasteiger partial charge in [-0.1, -0.05) is 12.2 Å². The van der Waals surface area contributed by atoms with Gasteiger partial charge in [0, 0.05) is 12.1 Å². The summed E-state index contributed by atoms with van der Waals surface area (Å²) in [5.74, 6) is 0.438. The Bertz CT molecular complexity index is 742. The third-order valence-electron chi connectivity index (χ3n) is 7.95. The van der Waals surface area contributed by atoms with E-state index in [2.05, 4.69) is 5.32 Å². The second-order valence-corrected chi connectivity index (χ2v) is 10.1. The van der Waals surface area contributed by atoms with Crippen molar-refractivity contribution in [3.63, 3.8) is 0 Å². The Balaban J connectivity index is 1.07. The summed E-state index contributed by atoms with van der Waals surface area (Å²) >= 11 is 0. The monoisotopic (exact) mass is 414 g/mol. The molecule has 5 fully saturated rings. The van der Waals surface area contributed by atoms with Crippen LogP contribution in [0.2, 0.25) is 0 Å². The molecule has 1 N–H and O–H groups in total. The lowest BCUT2D eigenvalue weighted by Crippen LogP contribution is -2.60. The molecule has 6 aliphatic rings. The Morgan fingerprint density at radius 3 is 2.03 bits per heavy atom. The van der Waals surface area contributed by atoms with Crippen LogP contribution in [0.5, 0.6) is 0 Å². The lowest BCUT2D eigenvalue weighted by Gasteiger charge is -2.56. The fraction of sp³-hybridized carbons (Fsp3) is 0.739. The molecule has 0 aromatic carbocycles. The molecule has 0 aromatic rings. The standard InChI is InChI=1S/C23H30N2O5/c26-19(24-23-10-14-7-15(11-23)9-16(8-14)12-23)13-30-20(27)5-6-25-21(28)17-3-1-2-4-18(17)22(25)29/h1-2,14-18H,3-13H2,(H,24,26)/t14?,15?,16?,17-,18-,23?/m1/s1. The van der Waals surface area contributed by atoms with Crippen LogP contribution in [-0.4, -0.2) is 47.3 Å². The number of esters is 1. The van der Waals surface area contributed by atoms with Crippen molar-refractivity contribution < 1.29 is 23.9 Å². The van der Waals surface area contributed by atoms with Crippen molar-refractivity contribution in [3.05, 3.63) is 12.2 Å². The summed E-state index contributed by atoms with van der Waals surface area (Å²) in [7, 11) is 0. The molecular weight excluding hydrogens is 384 g/mol. The fourth-order valence-corrected chi connectivity index (χ4v) is 7.11. The molecular formula is C23H30N2O5. The van der Waals surface area contributed by atoms with Crippen LogP contribution in [-0.2, 0) is 23.9 Å². The van der Waals surface area contributed by atoms with Crippen LogP contribution in [0.15, 0.2) is 12.2 Å². The molecule has 0 radical (unpaired) electrons. The summed E-state index contributed by atoms with van der Waals surface area (Å²) in [4.78, 5) is 50.7. The van der Waals surface area contributed by atoms with Gasteiger partial charge in [-0.2, -0.15) is 0 Å². The van der Waals surface area contributed by atoms with Gasteiger partial charge in [-0.3, -0.25) is 24.1 Å². The van der Waals surface area contributed by atoms with Gasteiger partial charge in [-0.25, -0.2) is 0 Å². The molecule has 6 rings (SSSR count). The van der Waals surface area contributed by atoms with Crippen LogP contribution >= 0.6 is 0 Å². The maximum Gasteiger partial charge on any atom is 0.308 e. The maximum absolute atomic E-state index is 12.5. The van der Waals surface area contributed by atoms with Crippen molar-refractivity contribution in [2.24, 2.45) is 29.6 Å². The van der Waals surface area contributed by atoms with E-state index in [0.29, 0.717) is 12.8 Å². The number of nitrogens with zero attached hydrogens (tertiary/aromatic N) is 1. The lowest BCUT2D eigenvalue weighted by atomic mass is 9.53. The van der Waals surface area contributed by atoms with Gasteiger partial charge >= 0.3 is 5.97 Å². The minimum atomic E-state index is -0.552. The second kappa shape index (κ2) is 7.50. The zero-order chi connectivity index (χ0) is 20.9. The first kappa shape index (κ1) is 19.8. The predicted octanol–water partition coefficient (Wildman–Crippen LogP) is 1.96. The van der Waals surface area contributed by atoms with Crippen LogP contribution in [0, 0.1) is 29.6 Å². The molecule has 4 saturated carbocycles. The molecule has 4 bridgehead atoms. The average molecular weight is 415 g/mol. The number of carbonyl (C=O) groups excluding carboxylic acids is 4. The van der Waals surface area contributed by atoms with Crippen molar-refractivity contribution in [2.75, 3.05) is 13.2 Å². The Morgan fingerprint density at radius 1 is 0.967 bits per heavy atom. The quantitative estimate of drug-likeness (QED) is 0.407. The normalized spacial score (nSPS) is 38.7. The maximum atomic E-state index is 12.5. The van der Waals surface area contributed by atoms with E-state index in [0.717, 1.165) is 37.0 Å². The zero-order valence-electron chi connectivity index (χ0n) is 17.3. The van der Waals surface area contributed by atoms with Crippen molar-refractivity contribution >= 4 is 23.7 Å². The van der Waals surface area contributed by atoms with Crippen LogP contribution in [0.1, 0.15) is 57.8 Å². The van der Waals surface area contributed by atoms with Crippen molar-refractivity contribution in [1.29, 1.82) is 0 Å². The van der Waals surface area contributed by atoms with Crippen LogP contribution < -0.4 is 5.32 Å². The van der Waals surface area contributed by atoms with Gasteiger partial charge in [0.25, 0.3) is 5.91 Å².